The number of benzene rings is 1. The number of rotatable bonds is 9. The summed E-state index contributed by atoms with van der Waals surface area (Å²) in [5, 5.41) is 3.34. The molecule has 0 saturated heterocycles. The van der Waals surface area contributed by atoms with Crippen molar-refractivity contribution in [3.63, 3.8) is 0 Å². The Bertz CT molecular complexity index is 493. The molecule has 0 aliphatic rings. The van der Waals surface area contributed by atoms with Crippen LogP contribution in [0, 0.1) is 0 Å². The highest BCUT2D eigenvalue weighted by Crippen LogP contribution is 2.29. The maximum Gasteiger partial charge on any atom is 0.256 e. The van der Waals surface area contributed by atoms with Crippen molar-refractivity contribution >= 4 is 23.2 Å². The van der Waals surface area contributed by atoms with Crippen LogP contribution in [0.3, 0.4) is 0 Å². The number of hydrogen-bond donors (Lipinski definition) is 1. The van der Waals surface area contributed by atoms with Crippen LogP contribution in [0.1, 0.15) is 46.5 Å². The number of anilines is 1. The van der Waals surface area contributed by atoms with Gasteiger partial charge < -0.3 is 14.8 Å². The Balaban J connectivity index is 2.75. The number of nitrogens with one attached hydrogen (secondary N) is 1. The van der Waals surface area contributed by atoms with Crippen LogP contribution in [0.25, 0.3) is 0 Å². The highest BCUT2D eigenvalue weighted by Gasteiger charge is 2.32. The molecule has 0 radical (unpaired) electrons. The van der Waals surface area contributed by atoms with Gasteiger partial charge in [0.15, 0.2) is 0 Å². The normalized spacial score (nSPS) is 13.5. The molecule has 0 saturated carbocycles. The van der Waals surface area contributed by atoms with Crippen molar-refractivity contribution in [2.75, 3.05) is 19.0 Å². The first-order valence-electron chi connectivity index (χ1n) is 7.75. The molecule has 1 atom stereocenters. The Kier molecular flexibility index (Phi) is 7.69. The lowest BCUT2D eigenvalue weighted by Gasteiger charge is -2.27. The van der Waals surface area contributed by atoms with Gasteiger partial charge in [0.2, 0.25) is 0 Å². The standard InChI is InChI=1S/C17H26ClNO3/c1-5-7-8-11-17(3,21-4)16(20)19-13-9-10-15(22-6-2)14(18)12-13/h9-10,12H,5-8,11H2,1-4H3,(H,19,20)/t17-/m0/s1. The highest BCUT2D eigenvalue weighted by atomic mass is 35.5. The Hall–Kier alpha value is -1.26. The molecule has 1 aromatic rings. The summed E-state index contributed by atoms with van der Waals surface area (Å²) in [7, 11) is 1.57. The molecule has 0 aliphatic carbocycles. The number of carbonyl (C=O) groups excluding carboxylic acids is 1. The molecular weight excluding hydrogens is 302 g/mol. The lowest BCUT2D eigenvalue weighted by atomic mass is 9.97. The molecule has 5 heteroatoms. The van der Waals surface area contributed by atoms with Gasteiger partial charge in [0.05, 0.1) is 11.6 Å². The van der Waals surface area contributed by atoms with Crippen LogP contribution in [-0.4, -0.2) is 25.2 Å². The van der Waals surface area contributed by atoms with E-state index < -0.39 is 5.60 Å². The van der Waals surface area contributed by atoms with Crippen molar-refractivity contribution in [2.24, 2.45) is 0 Å². The van der Waals surface area contributed by atoms with Crippen molar-refractivity contribution in [3.8, 4) is 5.75 Å². The third-order valence-electron chi connectivity index (χ3n) is 3.68. The number of hydrogen-bond acceptors (Lipinski definition) is 3. The Morgan fingerprint density at radius 3 is 2.59 bits per heavy atom. The predicted molar refractivity (Wildman–Crippen MR) is 90.8 cm³/mol. The van der Waals surface area contributed by atoms with Gasteiger partial charge in [-0.2, -0.15) is 0 Å². The van der Waals surface area contributed by atoms with Gasteiger partial charge in [0.25, 0.3) is 5.91 Å². The fourth-order valence-corrected chi connectivity index (χ4v) is 2.37. The van der Waals surface area contributed by atoms with Gasteiger partial charge in [-0.15, -0.1) is 0 Å². The van der Waals surface area contributed by atoms with Gasteiger partial charge in [0.1, 0.15) is 11.4 Å². The van der Waals surface area contributed by atoms with Crippen LogP contribution >= 0.6 is 11.6 Å². The quantitative estimate of drug-likeness (QED) is 0.671. The monoisotopic (exact) mass is 327 g/mol. The van der Waals surface area contributed by atoms with E-state index in [4.69, 9.17) is 21.1 Å². The summed E-state index contributed by atoms with van der Waals surface area (Å²) in [6.07, 6.45) is 3.84. The van der Waals surface area contributed by atoms with Crippen LogP contribution in [0.2, 0.25) is 5.02 Å². The summed E-state index contributed by atoms with van der Waals surface area (Å²) in [5.74, 6) is 0.450. The molecule has 0 aliphatic heterocycles. The van der Waals surface area contributed by atoms with E-state index >= 15 is 0 Å². The van der Waals surface area contributed by atoms with Crippen LogP contribution in [0.15, 0.2) is 18.2 Å². The number of methoxy groups -OCH3 is 1. The summed E-state index contributed by atoms with van der Waals surface area (Å²) < 4.78 is 10.8. The summed E-state index contributed by atoms with van der Waals surface area (Å²) in [6.45, 7) is 6.39. The average Bonchev–Trinajstić information content (AvgIpc) is 2.50. The molecule has 124 valence electrons. The van der Waals surface area contributed by atoms with Gasteiger partial charge in [-0.05, 0) is 38.5 Å². The number of amides is 1. The van der Waals surface area contributed by atoms with Gasteiger partial charge in [0, 0.05) is 12.8 Å². The van der Waals surface area contributed by atoms with Crippen LogP contribution in [0.4, 0.5) is 5.69 Å². The van der Waals surface area contributed by atoms with E-state index in [1.807, 2.05) is 13.8 Å². The highest BCUT2D eigenvalue weighted by molar-refractivity contribution is 6.32. The lowest BCUT2D eigenvalue weighted by Crippen LogP contribution is -2.41. The minimum atomic E-state index is -0.833. The Morgan fingerprint density at radius 2 is 2.05 bits per heavy atom. The van der Waals surface area contributed by atoms with E-state index in [1.54, 1.807) is 25.3 Å². The molecule has 22 heavy (non-hydrogen) atoms. The number of halogens is 1. The van der Waals surface area contributed by atoms with E-state index in [0.29, 0.717) is 29.5 Å². The predicted octanol–water partition coefficient (Wildman–Crippen LogP) is 4.66. The maximum atomic E-state index is 12.5. The molecule has 0 heterocycles. The topological polar surface area (TPSA) is 47.6 Å². The van der Waals surface area contributed by atoms with Crippen molar-refractivity contribution in [3.05, 3.63) is 23.2 Å². The molecule has 1 aromatic carbocycles. The molecule has 0 spiro atoms. The average molecular weight is 328 g/mol. The molecule has 0 unspecified atom stereocenters. The summed E-state index contributed by atoms with van der Waals surface area (Å²) in [6, 6.07) is 5.21. The molecular formula is C17H26ClNO3. The van der Waals surface area contributed by atoms with E-state index in [2.05, 4.69) is 12.2 Å². The molecule has 1 N–H and O–H groups in total. The second kappa shape index (κ2) is 9.01. The largest absolute Gasteiger partial charge is 0.492 e. The molecule has 1 rings (SSSR count). The van der Waals surface area contributed by atoms with Crippen LogP contribution in [0.5, 0.6) is 5.75 Å². The number of ether oxygens (including phenoxy) is 2. The lowest BCUT2D eigenvalue weighted by molar-refractivity contribution is -0.136. The van der Waals surface area contributed by atoms with Gasteiger partial charge in [-0.1, -0.05) is 37.8 Å². The summed E-state index contributed by atoms with van der Waals surface area (Å²) >= 11 is 6.13. The molecule has 1 amide bonds. The Morgan fingerprint density at radius 1 is 1.32 bits per heavy atom. The van der Waals surface area contributed by atoms with Crippen molar-refractivity contribution < 1.29 is 14.3 Å². The second-order valence-corrected chi connectivity index (χ2v) is 5.83. The van der Waals surface area contributed by atoms with E-state index in [-0.39, 0.29) is 5.91 Å². The zero-order valence-electron chi connectivity index (χ0n) is 13.9. The molecule has 4 nitrogen and oxygen atoms in total. The third kappa shape index (κ3) is 5.18. The SMILES string of the molecule is CCCCC[C@](C)(OC)C(=O)Nc1ccc(OCC)c(Cl)c1. The first kappa shape index (κ1) is 18.8. The molecule has 0 bridgehead atoms. The zero-order chi connectivity index (χ0) is 16.6. The maximum absolute atomic E-state index is 12.5. The number of unbranched alkanes of at least 4 members (excludes halogenated alkanes) is 2. The first-order chi connectivity index (χ1) is 10.5. The van der Waals surface area contributed by atoms with Gasteiger partial charge in [-0.25, -0.2) is 0 Å². The first-order valence-corrected chi connectivity index (χ1v) is 8.13. The minimum absolute atomic E-state index is 0.161. The smallest absolute Gasteiger partial charge is 0.256 e. The zero-order valence-corrected chi connectivity index (χ0v) is 14.6. The van der Waals surface area contributed by atoms with Crippen molar-refractivity contribution in [1.82, 2.24) is 0 Å². The summed E-state index contributed by atoms with van der Waals surface area (Å²) in [4.78, 5) is 12.5. The third-order valence-corrected chi connectivity index (χ3v) is 3.97. The van der Waals surface area contributed by atoms with E-state index in [9.17, 15) is 4.79 Å². The second-order valence-electron chi connectivity index (χ2n) is 5.42. The van der Waals surface area contributed by atoms with Gasteiger partial charge in [-0.3, -0.25) is 4.79 Å². The minimum Gasteiger partial charge on any atom is -0.492 e. The van der Waals surface area contributed by atoms with E-state index in [1.165, 1.54) is 0 Å². The summed E-state index contributed by atoms with van der Waals surface area (Å²) in [5.41, 5.74) is -0.197. The molecule has 0 fully saturated rings. The van der Waals surface area contributed by atoms with Gasteiger partial charge >= 0.3 is 0 Å². The van der Waals surface area contributed by atoms with Crippen molar-refractivity contribution in [1.29, 1.82) is 0 Å². The number of carbonyl (C=O) groups is 1. The van der Waals surface area contributed by atoms with Crippen LogP contribution in [-0.2, 0) is 9.53 Å². The van der Waals surface area contributed by atoms with Crippen LogP contribution < -0.4 is 10.1 Å². The van der Waals surface area contributed by atoms with E-state index in [0.717, 1.165) is 19.3 Å². The fourth-order valence-electron chi connectivity index (χ4n) is 2.14. The van der Waals surface area contributed by atoms with Crippen molar-refractivity contribution in [2.45, 2.75) is 52.1 Å². The Labute approximate surface area is 138 Å². The fraction of sp³-hybridized carbons (Fsp3) is 0.588. The molecule has 0 aromatic heterocycles.